The molecule has 2 aromatic heterocycles. The highest BCUT2D eigenvalue weighted by Gasteiger charge is 2.28. The van der Waals surface area contributed by atoms with Gasteiger partial charge in [-0.05, 0) is 39.5 Å². The molecule has 1 aliphatic rings. The first-order chi connectivity index (χ1) is 11.3. The van der Waals surface area contributed by atoms with Gasteiger partial charge in [0.15, 0.2) is 5.65 Å². The van der Waals surface area contributed by atoms with Crippen molar-refractivity contribution in [1.29, 1.82) is 0 Å². The van der Waals surface area contributed by atoms with E-state index in [0.717, 1.165) is 30.4 Å². The van der Waals surface area contributed by atoms with Crippen LogP contribution in [0.3, 0.4) is 0 Å². The van der Waals surface area contributed by atoms with Crippen LogP contribution in [0.1, 0.15) is 33.6 Å². The Balaban J connectivity index is 1.70. The molecular formula is C16H22BN5O2. The molecule has 0 saturated carbocycles. The summed E-state index contributed by atoms with van der Waals surface area (Å²) in [5.74, 6) is 0.295. The van der Waals surface area contributed by atoms with Crippen LogP contribution in [0.2, 0.25) is 0 Å². The number of amides is 1. The number of carbonyl (C=O) groups excluding carboxylic acids is 1. The Morgan fingerprint density at radius 2 is 2.25 bits per heavy atom. The quantitative estimate of drug-likeness (QED) is 0.777. The van der Waals surface area contributed by atoms with Gasteiger partial charge in [0.05, 0.1) is 0 Å². The van der Waals surface area contributed by atoms with E-state index < -0.39 is 5.60 Å². The number of likely N-dealkylation sites (tertiary alicyclic amines) is 1. The number of hydrogen-bond donors (Lipinski definition) is 0. The first kappa shape index (κ1) is 16.7. The van der Waals surface area contributed by atoms with E-state index in [1.807, 2.05) is 25.5 Å². The van der Waals surface area contributed by atoms with E-state index in [1.165, 1.54) is 6.33 Å². The maximum absolute atomic E-state index is 12.3. The second kappa shape index (κ2) is 6.41. The topological polar surface area (TPSA) is 73.1 Å². The summed E-state index contributed by atoms with van der Waals surface area (Å²) < 4.78 is 7.29. The van der Waals surface area contributed by atoms with E-state index in [0.29, 0.717) is 24.6 Å². The Bertz CT molecular complexity index is 740. The molecule has 0 spiro atoms. The molecular weight excluding hydrogens is 305 g/mol. The van der Waals surface area contributed by atoms with Crippen LogP contribution >= 0.6 is 0 Å². The third-order valence-electron chi connectivity index (χ3n) is 4.04. The maximum Gasteiger partial charge on any atom is 0.410 e. The van der Waals surface area contributed by atoms with Gasteiger partial charge in [-0.3, -0.25) is 0 Å². The van der Waals surface area contributed by atoms with Gasteiger partial charge in [-0.1, -0.05) is 0 Å². The highest BCUT2D eigenvalue weighted by atomic mass is 16.6. The van der Waals surface area contributed by atoms with Gasteiger partial charge in [-0.15, -0.1) is 0 Å². The van der Waals surface area contributed by atoms with Gasteiger partial charge in [0.25, 0.3) is 0 Å². The summed E-state index contributed by atoms with van der Waals surface area (Å²) in [6.45, 7) is 7.70. The van der Waals surface area contributed by atoms with Gasteiger partial charge >= 0.3 is 6.09 Å². The van der Waals surface area contributed by atoms with Crippen molar-refractivity contribution in [3.63, 3.8) is 0 Å². The molecule has 0 aliphatic carbocycles. The highest BCUT2D eigenvalue weighted by Crippen LogP contribution is 2.21. The Labute approximate surface area is 142 Å². The molecule has 1 saturated heterocycles. The molecule has 1 fully saturated rings. The zero-order chi connectivity index (χ0) is 17.3. The lowest BCUT2D eigenvalue weighted by atomic mass is 9.98. The SMILES string of the molecule is [B]c1nn(C[C@@H]2CCCN(C(=O)OC(C)(C)C)C2)c2ncncc12. The Morgan fingerprint density at radius 1 is 1.46 bits per heavy atom. The Hall–Kier alpha value is -2.12. The van der Waals surface area contributed by atoms with Crippen LogP contribution in [0.4, 0.5) is 4.79 Å². The molecule has 0 aromatic carbocycles. The molecule has 0 unspecified atom stereocenters. The summed E-state index contributed by atoms with van der Waals surface area (Å²) in [6, 6.07) is 0. The molecule has 8 heteroatoms. The second-order valence-electron chi connectivity index (χ2n) is 7.26. The summed E-state index contributed by atoms with van der Waals surface area (Å²) in [6.07, 6.45) is 4.90. The van der Waals surface area contributed by atoms with Gasteiger partial charge in [-0.2, -0.15) is 5.10 Å². The number of hydrogen-bond acceptors (Lipinski definition) is 5. The van der Waals surface area contributed by atoms with Crippen molar-refractivity contribution in [2.45, 2.75) is 45.8 Å². The standard InChI is InChI=1S/C16H22BN5O2/c1-16(2,3)24-15(23)21-6-4-5-11(8-21)9-22-14-12(13(17)20-22)7-18-10-19-14/h7,10-11H,4-6,8-9H2,1-3H3/t11-/m1/s1. The van der Waals surface area contributed by atoms with E-state index in [4.69, 9.17) is 12.6 Å². The largest absolute Gasteiger partial charge is 0.444 e. The first-order valence-corrected chi connectivity index (χ1v) is 8.23. The van der Waals surface area contributed by atoms with Crippen LogP contribution in [-0.4, -0.2) is 57.3 Å². The van der Waals surface area contributed by atoms with Gasteiger partial charge < -0.3 is 9.64 Å². The number of rotatable bonds is 2. The molecule has 3 heterocycles. The third kappa shape index (κ3) is 3.68. The molecule has 0 N–H and O–H groups in total. The number of piperidine rings is 1. The van der Waals surface area contributed by atoms with Crippen LogP contribution < -0.4 is 5.59 Å². The first-order valence-electron chi connectivity index (χ1n) is 8.23. The monoisotopic (exact) mass is 327 g/mol. The van der Waals surface area contributed by atoms with Crippen molar-refractivity contribution in [2.24, 2.45) is 5.92 Å². The molecule has 0 bridgehead atoms. The smallest absolute Gasteiger partial charge is 0.410 e. The Kier molecular flexibility index (Phi) is 4.47. The van der Waals surface area contributed by atoms with Crippen LogP contribution in [-0.2, 0) is 11.3 Å². The van der Waals surface area contributed by atoms with Crippen molar-refractivity contribution in [2.75, 3.05) is 13.1 Å². The molecule has 24 heavy (non-hydrogen) atoms. The lowest BCUT2D eigenvalue weighted by Gasteiger charge is -2.34. The molecule has 7 nitrogen and oxygen atoms in total. The predicted octanol–water partition coefficient (Wildman–Crippen LogP) is 1.27. The zero-order valence-electron chi connectivity index (χ0n) is 14.4. The highest BCUT2D eigenvalue weighted by molar-refractivity contribution is 6.36. The third-order valence-corrected chi connectivity index (χ3v) is 4.04. The van der Waals surface area contributed by atoms with Crippen LogP contribution in [0.5, 0.6) is 0 Å². The minimum Gasteiger partial charge on any atom is -0.444 e. The summed E-state index contributed by atoms with van der Waals surface area (Å²) >= 11 is 0. The summed E-state index contributed by atoms with van der Waals surface area (Å²) in [5, 5.41) is 5.13. The Morgan fingerprint density at radius 3 is 3.00 bits per heavy atom. The van der Waals surface area contributed by atoms with E-state index in [-0.39, 0.29) is 6.09 Å². The van der Waals surface area contributed by atoms with E-state index in [9.17, 15) is 4.79 Å². The van der Waals surface area contributed by atoms with Crippen molar-refractivity contribution in [1.82, 2.24) is 24.6 Å². The fraction of sp³-hybridized carbons (Fsp3) is 0.625. The summed E-state index contributed by atoms with van der Waals surface area (Å²) in [4.78, 5) is 22.3. The molecule has 126 valence electrons. The van der Waals surface area contributed by atoms with Crippen molar-refractivity contribution < 1.29 is 9.53 Å². The van der Waals surface area contributed by atoms with E-state index >= 15 is 0 Å². The second-order valence-corrected chi connectivity index (χ2v) is 7.26. The zero-order valence-corrected chi connectivity index (χ0v) is 14.4. The molecule has 1 aliphatic heterocycles. The molecule has 1 atom stereocenters. The number of aromatic nitrogens is 4. The molecule has 1 amide bonds. The molecule has 3 rings (SSSR count). The number of fused-ring (bicyclic) bond motifs is 1. The lowest BCUT2D eigenvalue weighted by molar-refractivity contribution is 0.0156. The number of nitrogens with zero attached hydrogens (tertiary/aromatic N) is 5. The lowest BCUT2D eigenvalue weighted by Crippen LogP contribution is -2.43. The van der Waals surface area contributed by atoms with Crippen LogP contribution in [0.25, 0.3) is 11.0 Å². The maximum atomic E-state index is 12.3. The van der Waals surface area contributed by atoms with E-state index in [2.05, 4.69) is 15.1 Å². The van der Waals surface area contributed by atoms with Gasteiger partial charge in [0.1, 0.15) is 19.8 Å². The van der Waals surface area contributed by atoms with Gasteiger partial charge in [0.2, 0.25) is 0 Å². The average Bonchev–Trinajstić information content (AvgIpc) is 2.83. The summed E-state index contributed by atoms with van der Waals surface area (Å²) in [5.41, 5.74) is 0.690. The number of carbonyl (C=O) groups is 1. The van der Waals surface area contributed by atoms with Crippen molar-refractivity contribution in [3.05, 3.63) is 12.5 Å². The minimum absolute atomic E-state index is 0.251. The van der Waals surface area contributed by atoms with Gasteiger partial charge in [0, 0.05) is 36.8 Å². The van der Waals surface area contributed by atoms with Crippen molar-refractivity contribution in [3.8, 4) is 0 Å². The van der Waals surface area contributed by atoms with Crippen molar-refractivity contribution >= 4 is 30.6 Å². The molecule has 2 radical (unpaired) electrons. The average molecular weight is 327 g/mol. The van der Waals surface area contributed by atoms with Gasteiger partial charge in [-0.25, -0.2) is 19.4 Å². The predicted molar refractivity (Wildman–Crippen MR) is 91.2 cm³/mol. The van der Waals surface area contributed by atoms with E-state index in [1.54, 1.807) is 11.1 Å². The van der Waals surface area contributed by atoms with Crippen LogP contribution in [0, 0.1) is 5.92 Å². The van der Waals surface area contributed by atoms with Crippen LogP contribution in [0.15, 0.2) is 12.5 Å². The normalized spacial score (nSPS) is 18.8. The fourth-order valence-electron chi connectivity index (χ4n) is 3.02. The summed E-state index contributed by atoms with van der Waals surface area (Å²) in [7, 11) is 5.93. The molecule has 2 aromatic rings. The fourth-order valence-corrected chi connectivity index (χ4v) is 3.02. The number of ether oxygens (including phenoxy) is 1. The minimum atomic E-state index is -0.479.